The molecule has 3 N–H and O–H groups in total. The summed E-state index contributed by atoms with van der Waals surface area (Å²) in [6.45, 7) is -0.257. The van der Waals surface area contributed by atoms with Crippen molar-refractivity contribution in [1.29, 1.82) is 0 Å². The summed E-state index contributed by atoms with van der Waals surface area (Å²) < 4.78 is 61.0. The average molecular weight is 523 g/mol. The van der Waals surface area contributed by atoms with Gasteiger partial charge >= 0.3 is 0 Å². The molecule has 1 aliphatic rings. The van der Waals surface area contributed by atoms with Crippen molar-refractivity contribution in [2.24, 2.45) is 0 Å². The number of ether oxygens (including phenoxy) is 1. The molecule has 0 amide bonds. The molecule has 0 bridgehead atoms. The Kier molecular flexibility index (Phi) is 8.56. The summed E-state index contributed by atoms with van der Waals surface area (Å²) in [5.41, 5.74) is 0. The van der Waals surface area contributed by atoms with Gasteiger partial charge in [-0.15, -0.1) is 0 Å². The minimum atomic E-state index is -3.90. The van der Waals surface area contributed by atoms with Crippen molar-refractivity contribution >= 4 is 43.2 Å². The Bertz CT molecular complexity index is 1130. The number of aliphatic hydroxyl groups excluding tert-OH is 1. The number of nitrogens with one attached hydrogen (secondary N) is 2. The van der Waals surface area contributed by atoms with Crippen molar-refractivity contribution in [1.82, 2.24) is 9.44 Å². The van der Waals surface area contributed by atoms with Crippen molar-refractivity contribution in [3.63, 3.8) is 0 Å². The van der Waals surface area contributed by atoms with E-state index in [0.717, 1.165) is 0 Å². The molecular weight excluding hydrogens is 499 g/mol. The van der Waals surface area contributed by atoms with Crippen LogP contribution >= 0.6 is 23.2 Å². The van der Waals surface area contributed by atoms with Crippen LogP contribution in [0.1, 0.15) is 19.3 Å². The van der Waals surface area contributed by atoms with Crippen LogP contribution in [-0.2, 0) is 24.8 Å². The summed E-state index contributed by atoms with van der Waals surface area (Å²) in [5, 5.41) is 10.3. The van der Waals surface area contributed by atoms with E-state index in [0.29, 0.717) is 24.3 Å². The molecule has 176 valence electrons. The van der Waals surface area contributed by atoms with Crippen LogP contribution in [0.3, 0.4) is 0 Å². The van der Waals surface area contributed by atoms with Gasteiger partial charge in [0.15, 0.2) is 0 Å². The van der Waals surface area contributed by atoms with E-state index in [2.05, 4.69) is 9.44 Å². The summed E-state index contributed by atoms with van der Waals surface area (Å²) >= 11 is 11.8. The van der Waals surface area contributed by atoms with Crippen LogP contribution in [0.15, 0.2) is 58.3 Å². The molecule has 0 aromatic heterocycles. The van der Waals surface area contributed by atoms with Crippen molar-refractivity contribution in [2.45, 2.75) is 47.3 Å². The first kappa shape index (κ1) is 25.4. The number of rotatable bonds is 9. The van der Waals surface area contributed by atoms with Gasteiger partial charge in [-0.3, -0.25) is 0 Å². The molecule has 0 aliphatic carbocycles. The summed E-state index contributed by atoms with van der Waals surface area (Å²) in [6, 6.07) is 11.3. The third-order valence-electron chi connectivity index (χ3n) is 5.11. The fourth-order valence-electron chi connectivity index (χ4n) is 3.46. The molecular formula is C20H24Cl2N2O6S2. The Morgan fingerprint density at radius 1 is 0.969 bits per heavy atom. The number of halogens is 2. The second kappa shape index (κ2) is 10.8. The predicted molar refractivity (Wildman–Crippen MR) is 122 cm³/mol. The van der Waals surface area contributed by atoms with E-state index < -0.39 is 32.2 Å². The number of benzene rings is 2. The molecule has 8 nitrogen and oxygen atoms in total. The standard InChI is InChI=1S/C20H24Cl2N2O6S2/c21-14-5-8-16(9-6-14)31(26,27)23-12-11-15-7-10-18(19(13-25)30-15)24-32(28,29)20-4-2-1-3-17(20)22/h1-6,8-9,15,18-19,23-25H,7,10-13H2/t15-,18+,19-/m1/s1. The molecule has 0 spiro atoms. The van der Waals surface area contributed by atoms with E-state index >= 15 is 0 Å². The third kappa shape index (κ3) is 6.42. The first-order valence-electron chi connectivity index (χ1n) is 9.91. The molecule has 12 heteroatoms. The highest BCUT2D eigenvalue weighted by Crippen LogP contribution is 2.26. The Morgan fingerprint density at radius 3 is 2.31 bits per heavy atom. The highest BCUT2D eigenvalue weighted by Gasteiger charge is 2.34. The van der Waals surface area contributed by atoms with Crippen molar-refractivity contribution in [3.8, 4) is 0 Å². The van der Waals surface area contributed by atoms with Crippen molar-refractivity contribution in [2.75, 3.05) is 13.2 Å². The van der Waals surface area contributed by atoms with E-state index in [4.69, 9.17) is 27.9 Å². The zero-order valence-corrected chi connectivity index (χ0v) is 20.1. The van der Waals surface area contributed by atoms with E-state index in [1.54, 1.807) is 12.1 Å². The topological polar surface area (TPSA) is 122 Å². The van der Waals surface area contributed by atoms with Crippen LogP contribution in [0.2, 0.25) is 10.0 Å². The van der Waals surface area contributed by atoms with Gasteiger partial charge in [0, 0.05) is 11.6 Å². The molecule has 32 heavy (non-hydrogen) atoms. The van der Waals surface area contributed by atoms with Gasteiger partial charge in [0.1, 0.15) is 4.90 Å². The number of sulfonamides is 2. The second-order valence-corrected chi connectivity index (χ2v) is 11.6. The number of hydrogen-bond acceptors (Lipinski definition) is 6. The minimum absolute atomic E-state index is 0.0444. The van der Waals surface area contributed by atoms with Gasteiger partial charge < -0.3 is 9.84 Å². The van der Waals surface area contributed by atoms with Gasteiger partial charge in [0.2, 0.25) is 20.0 Å². The molecule has 3 rings (SSSR count). The lowest BCUT2D eigenvalue weighted by atomic mass is 9.98. The van der Waals surface area contributed by atoms with Crippen LogP contribution < -0.4 is 9.44 Å². The van der Waals surface area contributed by atoms with Gasteiger partial charge in [-0.1, -0.05) is 35.3 Å². The quantitative estimate of drug-likeness (QED) is 0.465. The number of hydrogen-bond donors (Lipinski definition) is 3. The molecule has 2 aromatic carbocycles. The first-order valence-corrected chi connectivity index (χ1v) is 13.6. The zero-order valence-electron chi connectivity index (χ0n) is 16.9. The smallest absolute Gasteiger partial charge is 0.242 e. The van der Waals surface area contributed by atoms with Gasteiger partial charge in [0.05, 0.1) is 34.8 Å². The maximum atomic E-state index is 12.7. The normalized spacial score (nSPS) is 22.0. The molecule has 0 radical (unpaired) electrons. The lowest BCUT2D eigenvalue weighted by Gasteiger charge is -2.36. The van der Waals surface area contributed by atoms with Gasteiger partial charge in [-0.2, -0.15) is 0 Å². The first-order chi connectivity index (χ1) is 15.1. The average Bonchev–Trinajstić information content (AvgIpc) is 2.75. The Hall–Kier alpha value is -1.24. The second-order valence-electron chi connectivity index (χ2n) is 7.36. The summed E-state index contributed by atoms with van der Waals surface area (Å²) in [5.74, 6) is 0. The van der Waals surface area contributed by atoms with Crippen LogP contribution in [0.5, 0.6) is 0 Å². The van der Waals surface area contributed by atoms with Gasteiger partial charge in [-0.05, 0) is 55.7 Å². The molecule has 0 saturated carbocycles. The van der Waals surface area contributed by atoms with Gasteiger partial charge in [-0.25, -0.2) is 26.3 Å². The summed E-state index contributed by atoms with van der Waals surface area (Å²) in [7, 11) is -7.58. The highest BCUT2D eigenvalue weighted by atomic mass is 35.5. The largest absolute Gasteiger partial charge is 0.394 e. The van der Waals surface area contributed by atoms with Gasteiger partial charge in [0.25, 0.3) is 0 Å². The van der Waals surface area contributed by atoms with Crippen molar-refractivity contribution in [3.05, 3.63) is 58.6 Å². The maximum Gasteiger partial charge on any atom is 0.242 e. The van der Waals surface area contributed by atoms with E-state index in [1.807, 2.05) is 0 Å². The Labute approximate surface area is 198 Å². The third-order valence-corrected chi connectivity index (χ3v) is 8.83. The molecule has 1 heterocycles. The highest BCUT2D eigenvalue weighted by molar-refractivity contribution is 7.89. The van der Waals surface area contributed by atoms with E-state index in [9.17, 15) is 21.9 Å². The molecule has 0 unspecified atom stereocenters. The number of aliphatic hydroxyl groups is 1. The molecule has 3 atom stereocenters. The Balaban J connectivity index is 1.55. The predicted octanol–water partition coefficient (Wildman–Crippen LogP) is 2.55. The molecule has 1 saturated heterocycles. The summed E-state index contributed by atoms with van der Waals surface area (Å²) in [4.78, 5) is 0.0610. The molecule has 2 aromatic rings. The fraction of sp³-hybridized carbons (Fsp3) is 0.400. The van der Waals surface area contributed by atoms with Crippen molar-refractivity contribution < 1.29 is 26.7 Å². The summed E-state index contributed by atoms with van der Waals surface area (Å²) in [6.07, 6.45) is 0.186. The van der Waals surface area contributed by atoms with E-state index in [-0.39, 0.29) is 34.1 Å². The molecule has 1 fully saturated rings. The fourth-order valence-corrected chi connectivity index (χ4v) is 6.45. The van der Waals surface area contributed by atoms with Crippen LogP contribution in [0.4, 0.5) is 0 Å². The minimum Gasteiger partial charge on any atom is -0.394 e. The SMILES string of the molecule is O=S(=O)(NCC[C@H]1CC[C@H](NS(=O)(=O)c2ccccc2Cl)[C@@H](CO)O1)c1ccc(Cl)cc1. The lowest BCUT2D eigenvalue weighted by molar-refractivity contribution is -0.0869. The van der Waals surface area contributed by atoms with Crippen LogP contribution in [0, 0.1) is 0 Å². The van der Waals surface area contributed by atoms with Crippen LogP contribution in [-0.4, -0.2) is 53.3 Å². The van der Waals surface area contributed by atoms with E-state index in [1.165, 1.54) is 36.4 Å². The zero-order chi connectivity index (χ0) is 23.4. The lowest BCUT2D eigenvalue weighted by Crippen LogP contribution is -2.51. The maximum absolute atomic E-state index is 12.7. The Morgan fingerprint density at radius 2 is 1.66 bits per heavy atom. The molecule has 1 aliphatic heterocycles. The van der Waals surface area contributed by atoms with Crippen LogP contribution in [0.25, 0.3) is 0 Å². The monoisotopic (exact) mass is 522 g/mol.